The lowest BCUT2D eigenvalue weighted by molar-refractivity contribution is 0.214. The third kappa shape index (κ3) is 8.69. The maximum atomic E-state index is 14.1. The average molecular weight is 545 g/mol. The predicted molar refractivity (Wildman–Crippen MR) is 144 cm³/mol. The minimum atomic E-state index is -3.98. The highest BCUT2D eigenvalue weighted by Crippen LogP contribution is 2.76. The van der Waals surface area contributed by atoms with E-state index in [0.717, 1.165) is 11.1 Å². The molecule has 0 saturated heterocycles. The minimum absolute atomic E-state index is 0.00531. The van der Waals surface area contributed by atoms with Crippen LogP contribution in [0.4, 0.5) is 0 Å². The van der Waals surface area contributed by atoms with Gasteiger partial charge in [0.05, 0.1) is 30.7 Å². The van der Waals surface area contributed by atoms with E-state index in [1.807, 2.05) is 60.7 Å². The standard InChI is InChI=1S/C24H34O6P2S2/c1-5-27-31(25,28-6-2)23(32(26,29-7-3)30-8-4)24(33-19-21-15-11-9-12-16-21)34-20-22-17-13-10-14-18-22/h9-18H,5-8,19-20H2,1-4H3. The van der Waals surface area contributed by atoms with Crippen LogP contribution >= 0.6 is 38.7 Å². The Balaban J connectivity index is 2.65. The third-order valence-corrected chi connectivity index (χ3v) is 12.9. The lowest BCUT2D eigenvalue weighted by atomic mass is 10.2. The van der Waals surface area contributed by atoms with Crippen LogP contribution < -0.4 is 0 Å². The van der Waals surface area contributed by atoms with Crippen LogP contribution in [-0.4, -0.2) is 26.4 Å². The second kappa shape index (κ2) is 15.3. The Morgan fingerprint density at radius 3 is 1.24 bits per heavy atom. The van der Waals surface area contributed by atoms with Gasteiger partial charge in [0.2, 0.25) is 0 Å². The van der Waals surface area contributed by atoms with Crippen molar-refractivity contribution in [2.75, 3.05) is 26.4 Å². The van der Waals surface area contributed by atoms with Crippen molar-refractivity contribution < 1.29 is 27.2 Å². The topological polar surface area (TPSA) is 71.1 Å². The Morgan fingerprint density at radius 1 is 0.618 bits per heavy atom. The summed E-state index contributed by atoms with van der Waals surface area (Å²) in [6, 6.07) is 19.8. The molecule has 2 rings (SSSR count). The van der Waals surface area contributed by atoms with Gasteiger partial charge >= 0.3 is 15.2 Å². The lowest BCUT2D eigenvalue weighted by Gasteiger charge is -2.28. The molecule has 188 valence electrons. The van der Waals surface area contributed by atoms with E-state index in [-0.39, 0.29) is 31.5 Å². The normalized spacial score (nSPS) is 12.0. The van der Waals surface area contributed by atoms with E-state index in [9.17, 15) is 9.13 Å². The number of benzene rings is 2. The zero-order valence-corrected chi connectivity index (χ0v) is 23.6. The summed E-state index contributed by atoms with van der Waals surface area (Å²) < 4.78 is 51.5. The summed E-state index contributed by atoms with van der Waals surface area (Å²) in [4.78, 5) is 0. The number of hydrogen-bond donors (Lipinski definition) is 0. The molecule has 0 N–H and O–H groups in total. The van der Waals surface area contributed by atoms with Crippen molar-refractivity contribution >= 4 is 38.7 Å². The molecule has 0 amide bonds. The van der Waals surface area contributed by atoms with Gasteiger partial charge in [0.25, 0.3) is 0 Å². The van der Waals surface area contributed by atoms with Crippen molar-refractivity contribution in [3.63, 3.8) is 0 Å². The predicted octanol–water partition coefficient (Wildman–Crippen LogP) is 8.51. The van der Waals surface area contributed by atoms with Gasteiger partial charge in [-0.3, -0.25) is 9.13 Å². The molecule has 0 saturated carbocycles. The maximum Gasteiger partial charge on any atom is 0.371 e. The van der Waals surface area contributed by atoms with Crippen LogP contribution in [0.15, 0.2) is 70.0 Å². The SMILES string of the molecule is CCOP(=O)(OCC)C(=C(SCc1ccccc1)SCc1ccccc1)P(=O)(OCC)OCC. The van der Waals surface area contributed by atoms with E-state index in [2.05, 4.69) is 0 Å². The Labute approximate surface area is 212 Å². The molecule has 0 aliphatic carbocycles. The third-order valence-electron chi connectivity index (χ3n) is 4.32. The number of thioether (sulfide) groups is 2. The molecule has 10 heteroatoms. The average Bonchev–Trinajstić information content (AvgIpc) is 2.82. The Morgan fingerprint density at radius 2 is 0.941 bits per heavy atom. The van der Waals surface area contributed by atoms with Gasteiger partial charge in [0, 0.05) is 11.5 Å². The van der Waals surface area contributed by atoms with Crippen LogP contribution in [0.2, 0.25) is 0 Å². The van der Waals surface area contributed by atoms with Gasteiger partial charge in [0.1, 0.15) is 0 Å². The summed E-state index contributed by atoms with van der Waals surface area (Å²) in [5, 5.41) is -0.00531. The van der Waals surface area contributed by atoms with Gasteiger partial charge < -0.3 is 18.1 Å². The molecule has 0 bridgehead atoms. The fourth-order valence-electron chi connectivity index (χ4n) is 2.99. The Bertz CT molecular complexity index is 888. The smallest absolute Gasteiger partial charge is 0.305 e. The van der Waals surface area contributed by atoms with E-state index >= 15 is 0 Å². The van der Waals surface area contributed by atoms with Crippen molar-refractivity contribution in [1.29, 1.82) is 0 Å². The van der Waals surface area contributed by atoms with Crippen LogP contribution in [0.1, 0.15) is 38.8 Å². The van der Waals surface area contributed by atoms with E-state index < -0.39 is 15.2 Å². The Kier molecular flexibility index (Phi) is 13.3. The van der Waals surface area contributed by atoms with Crippen molar-refractivity contribution in [3.05, 3.63) is 81.1 Å². The van der Waals surface area contributed by atoms with Crippen LogP contribution in [-0.2, 0) is 38.7 Å². The lowest BCUT2D eigenvalue weighted by Crippen LogP contribution is -2.06. The molecule has 6 nitrogen and oxygen atoms in total. The molecule has 0 fully saturated rings. The molecule has 0 unspecified atom stereocenters. The molecule has 0 radical (unpaired) electrons. The molecular weight excluding hydrogens is 510 g/mol. The monoisotopic (exact) mass is 544 g/mol. The summed E-state index contributed by atoms with van der Waals surface area (Å²) in [6.45, 7) is 7.40. The highest BCUT2D eigenvalue weighted by molar-refractivity contribution is 8.22. The van der Waals surface area contributed by atoms with E-state index in [0.29, 0.717) is 15.7 Å². The first-order valence-electron chi connectivity index (χ1n) is 11.3. The second-order valence-corrected chi connectivity index (χ2v) is 13.3. The molecule has 34 heavy (non-hydrogen) atoms. The summed E-state index contributed by atoms with van der Waals surface area (Å²) in [5.41, 5.74) is 2.16. The van der Waals surface area contributed by atoms with Crippen LogP contribution in [0.25, 0.3) is 0 Å². The number of rotatable bonds is 16. The fraction of sp³-hybridized carbons (Fsp3) is 0.417. The zero-order chi connectivity index (χ0) is 24.9. The molecule has 0 aromatic heterocycles. The molecule has 0 aliphatic heterocycles. The first-order valence-corrected chi connectivity index (χ1v) is 16.3. The summed E-state index contributed by atoms with van der Waals surface area (Å²) in [5.74, 6) is 1.16. The molecule has 2 aromatic rings. The van der Waals surface area contributed by atoms with Gasteiger partial charge in [-0.2, -0.15) is 0 Å². The molecule has 0 spiro atoms. The highest BCUT2D eigenvalue weighted by Gasteiger charge is 2.48. The maximum absolute atomic E-state index is 14.1. The fourth-order valence-corrected chi connectivity index (χ4v) is 11.4. The quantitative estimate of drug-likeness (QED) is 0.195. The van der Waals surface area contributed by atoms with Crippen LogP contribution in [0.5, 0.6) is 0 Å². The first kappa shape index (κ1) is 29.4. The molecule has 0 atom stereocenters. The molecular formula is C24H34O6P2S2. The molecule has 0 aliphatic rings. The minimum Gasteiger partial charge on any atom is -0.305 e. The van der Waals surface area contributed by atoms with Gasteiger partial charge in [-0.15, -0.1) is 23.5 Å². The zero-order valence-electron chi connectivity index (χ0n) is 20.2. The number of hydrogen-bond acceptors (Lipinski definition) is 8. The van der Waals surface area contributed by atoms with Gasteiger partial charge in [0.15, 0.2) is 5.06 Å². The first-order chi connectivity index (χ1) is 16.4. The summed E-state index contributed by atoms with van der Waals surface area (Å²) >= 11 is 2.87. The van der Waals surface area contributed by atoms with Crippen molar-refractivity contribution in [1.82, 2.24) is 0 Å². The Hall–Kier alpha value is -0.820. The van der Waals surface area contributed by atoms with Crippen molar-refractivity contribution in [2.45, 2.75) is 39.2 Å². The highest BCUT2D eigenvalue weighted by atomic mass is 32.2. The summed E-state index contributed by atoms with van der Waals surface area (Å²) in [7, 11) is -7.97. The molecule has 2 aromatic carbocycles. The van der Waals surface area contributed by atoms with Crippen LogP contribution in [0.3, 0.4) is 0 Å². The van der Waals surface area contributed by atoms with Gasteiger partial charge in [-0.05, 0) is 38.8 Å². The second-order valence-electron chi connectivity index (χ2n) is 6.83. The van der Waals surface area contributed by atoms with E-state index in [1.54, 1.807) is 27.7 Å². The van der Waals surface area contributed by atoms with Crippen molar-refractivity contribution in [3.8, 4) is 0 Å². The molecule has 0 heterocycles. The summed E-state index contributed by atoms with van der Waals surface area (Å²) in [6.07, 6.45) is 0. The van der Waals surface area contributed by atoms with E-state index in [4.69, 9.17) is 18.1 Å². The van der Waals surface area contributed by atoms with Crippen LogP contribution in [0, 0.1) is 0 Å². The van der Waals surface area contributed by atoms with Crippen molar-refractivity contribution in [2.24, 2.45) is 0 Å². The van der Waals surface area contributed by atoms with Gasteiger partial charge in [-0.25, -0.2) is 0 Å². The largest absolute Gasteiger partial charge is 0.371 e. The van der Waals surface area contributed by atoms with E-state index in [1.165, 1.54) is 23.5 Å². The van der Waals surface area contributed by atoms with Gasteiger partial charge in [-0.1, -0.05) is 60.7 Å².